The van der Waals surface area contributed by atoms with Crippen LogP contribution in [0.1, 0.15) is 29.3 Å². The summed E-state index contributed by atoms with van der Waals surface area (Å²) in [5.41, 5.74) is 1.58. The van der Waals surface area contributed by atoms with E-state index in [1.807, 2.05) is 26.1 Å². The molecule has 26 heavy (non-hydrogen) atoms. The van der Waals surface area contributed by atoms with Gasteiger partial charge in [-0.25, -0.2) is 0 Å². The summed E-state index contributed by atoms with van der Waals surface area (Å²) in [7, 11) is 1.85. The van der Waals surface area contributed by atoms with E-state index in [-0.39, 0.29) is 11.9 Å². The Morgan fingerprint density at radius 3 is 2.88 bits per heavy atom. The number of pyridine rings is 1. The van der Waals surface area contributed by atoms with E-state index in [0.29, 0.717) is 30.3 Å². The third-order valence-electron chi connectivity index (χ3n) is 4.51. The average Bonchev–Trinajstić information content (AvgIpc) is 3.21. The molecule has 0 saturated carbocycles. The highest BCUT2D eigenvalue weighted by Gasteiger charge is 2.24. The van der Waals surface area contributed by atoms with E-state index in [0.717, 1.165) is 25.1 Å². The number of ether oxygens (including phenoxy) is 2. The minimum atomic E-state index is -0.00142. The Balaban J connectivity index is 1.74. The maximum Gasteiger partial charge on any atom is 0.254 e. The highest BCUT2D eigenvalue weighted by Crippen LogP contribution is 2.30. The predicted octanol–water partition coefficient (Wildman–Crippen LogP) is 2.49. The zero-order chi connectivity index (χ0) is 18.4. The van der Waals surface area contributed by atoms with Gasteiger partial charge in [0.1, 0.15) is 6.61 Å². The van der Waals surface area contributed by atoms with Gasteiger partial charge >= 0.3 is 0 Å². The van der Waals surface area contributed by atoms with Gasteiger partial charge in [0.2, 0.25) is 0 Å². The molecule has 1 N–H and O–H groups in total. The van der Waals surface area contributed by atoms with Crippen LogP contribution in [0.5, 0.6) is 11.5 Å². The lowest BCUT2D eigenvalue weighted by Gasteiger charge is -2.24. The molecule has 1 aromatic carbocycles. The second-order valence-corrected chi connectivity index (χ2v) is 6.31. The van der Waals surface area contributed by atoms with Gasteiger partial charge in [0, 0.05) is 43.2 Å². The summed E-state index contributed by atoms with van der Waals surface area (Å²) in [4.78, 5) is 18.7. The van der Waals surface area contributed by atoms with Crippen molar-refractivity contribution in [3.63, 3.8) is 0 Å². The molecule has 1 fully saturated rings. The predicted molar refractivity (Wildman–Crippen MR) is 99.5 cm³/mol. The monoisotopic (exact) mass is 355 g/mol. The van der Waals surface area contributed by atoms with Gasteiger partial charge in [-0.3, -0.25) is 9.78 Å². The molecular weight excluding hydrogens is 330 g/mol. The summed E-state index contributed by atoms with van der Waals surface area (Å²) in [5, 5.41) is 3.29. The van der Waals surface area contributed by atoms with Gasteiger partial charge in [0.15, 0.2) is 11.5 Å². The molecule has 0 unspecified atom stereocenters. The lowest BCUT2D eigenvalue weighted by Crippen LogP contribution is -2.38. The van der Waals surface area contributed by atoms with Crippen LogP contribution in [0, 0.1) is 0 Å². The van der Waals surface area contributed by atoms with E-state index in [1.54, 1.807) is 35.5 Å². The summed E-state index contributed by atoms with van der Waals surface area (Å²) >= 11 is 0. The molecule has 0 spiro atoms. The van der Waals surface area contributed by atoms with E-state index in [2.05, 4.69) is 10.3 Å². The van der Waals surface area contributed by atoms with Crippen LogP contribution >= 0.6 is 0 Å². The van der Waals surface area contributed by atoms with Gasteiger partial charge in [0.25, 0.3) is 5.91 Å². The van der Waals surface area contributed by atoms with E-state index in [1.165, 1.54) is 0 Å². The number of aromatic nitrogens is 1. The standard InChI is InChI=1S/C20H25N3O3/c1-3-25-19-11-16(20(24)23(2)17-8-10-22-13-17)6-7-18(19)26-14-15-5-4-9-21-12-15/h4-7,9,11-12,17,22H,3,8,10,13-14H2,1-2H3/t17-/m1/s1. The van der Waals surface area contributed by atoms with Crippen molar-refractivity contribution in [2.45, 2.75) is 26.0 Å². The van der Waals surface area contributed by atoms with Gasteiger partial charge in [-0.15, -0.1) is 0 Å². The summed E-state index contributed by atoms with van der Waals surface area (Å²) in [6, 6.07) is 9.42. The Kier molecular flexibility index (Phi) is 6.07. The molecule has 138 valence electrons. The van der Waals surface area contributed by atoms with Gasteiger partial charge in [0.05, 0.1) is 6.61 Å². The van der Waals surface area contributed by atoms with Crippen molar-refractivity contribution in [1.82, 2.24) is 15.2 Å². The summed E-state index contributed by atoms with van der Waals surface area (Å²) in [5.74, 6) is 1.20. The van der Waals surface area contributed by atoms with Crippen molar-refractivity contribution >= 4 is 5.91 Å². The topological polar surface area (TPSA) is 63.7 Å². The fourth-order valence-corrected chi connectivity index (χ4v) is 3.01. The van der Waals surface area contributed by atoms with E-state index in [9.17, 15) is 4.79 Å². The van der Waals surface area contributed by atoms with Crippen molar-refractivity contribution < 1.29 is 14.3 Å². The fourth-order valence-electron chi connectivity index (χ4n) is 3.01. The minimum Gasteiger partial charge on any atom is -0.490 e. The van der Waals surface area contributed by atoms with Crippen LogP contribution in [-0.2, 0) is 6.61 Å². The Labute approximate surface area is 154 Å². The first-order chi connectivity index (χ1) is 12.7. The maximum absolute atomic E-state index is 12.8. The molecule has 1 aliphatic rings. The molecule has 2 aromatic rings. The SMILES string of the molecule is CCOc1cc(C(=O)N(C)[C@@H]2CCNC2)ccc1OCc1cccnc1. The molecule has 0 radical (unpaired) electrons. The minimum absolute atomic E-state index is 0.00142. The van der Waals surface area contributed by atoms with E-state index in [4.69, 9.17) is 9.47 Å². The summed E-state index contributed by atoms with van der Waals surface area (Å²) in [6.45, 7) is 4.61. The maximum atomic E-state index is 12.8. The summed E-state index contributed by atoms with van der Waals surface area (Å²) < 4.78 is 11.6. The van der Waals surface area contributed by atoms with Crippen LogP contribution in [-0.4, -0.2) is 48.6 Å². The molecule has 1 saturated heterocycles. The number of benzene rings is 1. The largest absolute Gasteiger partial charge is 0.490 e. The number of carbonyl (C=O) groups is 1. The highest BCUT2D eigenvalue weighted by molar-refractivity contribution is 5.95. The van der Waals surface area contributed by atoms with E-state index >= 15 is 0 Å². The fraction of sp³-hybridized carbons (Fsp3) is 0.400. The molecule has 1 atom stereocenters. The summed E-state index contributed by atoms with van der Waals surface area (Å²) in [6.07, 6.45) is 4.47. The Morgan fingerprint density at radius 1 is 1.31 bits per heavy atom. The van der Waals surface area contributed by atoms with Crippen LogP contribution in [0.3, 0.4) is 0 Å². The second kappa shape index (κ2) is 8.67. The second-order valence-electron chi connectivity index (χ2n) is 6.31. The zero-order valence-electron chi connectivity index (χ0n) is 15.3. The van der Waals surface area contributed by atoms with Gasteiger partial charge in [-0.1, -0.05) is 6.07 Å². The van der Waals surface area contributed by atoms with Crippen molar-refractivity contribution in [2.24, 2.45) is 0 Å². The first-order valence-corrected chi connectivity index (χ1v) is 8.95. The first kappa shape index (κ1) is 18.2. The van der Waals surface area contributed by atoms with Crippen molar-refractivity contribution in [1.29, 1.82) is 0 Å². The quantitative estimate of drug-likeness (QED) is 0.827. The lowest BCUT2D eigenvalue weighted by atomic mass is 10.1. The Hall–Kier alpha value is -2.60. The molecular formula is C20H25N3O3. The number of hydrogen-bond acceptors (Lipinski definition) is 5. The molecule has 1 aromatic heterocycles. The van der Waals surface area contributed by atoms with Crippen molar-refractivity contribution in [3.8, 4) is 11.5 Å². The van der Waals surface area contributed by atoms with Crippen molar-refractivity contribution in [2.75, 3.05) is 26.7 Å². The Morgan fingerprint density at radius 2 is 2.19 bits per heavy atom. The van der Waals surface area contributed by atoms with E-state index < -0.39 is 0 Å². The number of likely N-dealkylation sites (N-methyl/N-ethyl adjacent to an activating group) is 1. The smallest absolute Gasteiger partial charge is 0.254 e. The third-order valence-corrected chi connectivity index (χ3v) is 4.51. The molecule has 6 heteroatoms. The number of rotatable bonds is 7. The molecule has 0 bridgehead atoms. The van der Waals surface area contributed by atoms with Crippen LogP contribution in [0.15, 0.2) is 42.7 Å². The highest BCUT2D eigenvalue weighted by atomic mass is 16.5. The molecule has 3 rings (SSSR count). The van der Waals surface area contributed by atoms with Crippen LogP contribution < -0.4 is 14.8 Å². The van der Waals surface area contributed by atoms with Gasteiger partial charge in [-0.2, -0.15) is 0 Å². The first-order valence-electron chi connectivity index (χ1n) is 8.95. The molecule has 0 aliphatic carbocycles. The van der Waals surface area contributed by atoms with Crippen LogP contribution in [0.25, 0.3) is 0 Å². The normalized spacial score (nSPS) is 16.3. The zero-order valence-corrected chi connectivity index (χ0v) is 15.3. The van der Waals surface area contributed by atoms with Gasteiger partial charge < -0.3 is 19.7 Å². The molecule has 6 nitrogen and oxygen atoms in total. The molecule has 2 heterocycles. The number of nitrogens with zero attached hydrogens (tertiary/aromatic N) is 2. The number of carbonyl (C=O) groups excluding carboxylic acids is 1. The number of hydrogen-bond donors (Lipinski definition) is 1. The van der Waals surface area contributed by atoms with Gasteiger partial charge in [-0.05, 0) is 44.2 Å². The van der Waals surface area contributed by atoms with Crippen molar-refractivity contribution in [3.05, 3.63) is 53.9 Å². The Bertz CT molecular complexity index is 730. The number of nitrogens with one attached hydrogen (secondary N) is 1. The molecule has 1 aliphatic heterocycles. The average molecular weight is 355 g/mol. The number of amides is 1. The van der Waals surface area contributed by atoms with Crippen LogP contribution in [0.2, 0.25) is 0 Å². The third kappa shape index (κ3) is 4.32. The van der Waals surface area contributed by atoms with Crippen LogP contribution in [0.4, 0.5) is 0 Å². The lowest BCUT2D eigenvalue weighted by molar-refractivity contribution is 0.0743. The molecule has 1 amide bonds.